The number of hydrogen-bond donors (Lipinski definition) is 4. The van der Waals surface area contributed by atoms with E-state index in [1.807, 2.05) is 26.0 Å². The van der Waals surface area contributed by atoms with E-state index in [9.17, 15) is 19.5 Å². The van der Waals surface area contributed by atoms with Crippen molar-refractivity contribution in [1.82, 2.24) is 5.32 Å². The fraction of sp³-hybridized carbons (Fsp3) is 0.400. The highest BCUT2D eigenvalue weighted by Gasteiger charge is 2.61. The largest absolute Gasteiger partial charge is 0.462 e. The number of anilines is 2. The lowest BCUT2D eigenvalue weighted by atomic mass is 9.78. The third-order valence-corrected chi connectivity index (χ3v) is 6.49. The van der Waals surface area contributed by atoms with Gasteiger partial charge in [-0.2, -0.15) is 0 Å². The number of hydrogen-bond acceptors (Lipinski definition) is 6. The van der Waals surface area contributed by atoms with E-state index in [-0.39, 0.29) is 18.4 Å². The number of rotatable bonds is 5. The Morgan fingerprint density at radius 3 is 2.58 bits per heavy atom. The second-order valence-electron chi connectivity index (χ2n) is 8.83. The third-order valence-electron chi connectivity index (χ3n) is 6.49. The Labute approximate surface area is 192 Å². The summed E-state index contributed by atoms with van der Waals surface area (Å²) in [6, 6.07) is 9.90. The van der Waals surface area contributed by atoms with Gasteiger partial charge in [-0.25, -0.2) is 4.79 Å². The van der Waals surface area contributed by atoms with Crippen LogP contribution < -0.4 is 16.0 Å². The molecule has 1 spiro atoms. The Bertz CT molecular complexity index is 1110. The maximum Gasteiger partial charge on any atom is 0.338 e. The number of aryl methyl sites for hydroxylation is 2. The van der Waals surface area contributed by atoms with E-state index in [0.717, 1.165) is 16.7 Å². The van der Waals surface area contributed by atoms with E-state index in [0.29, 0.717) is 23.4 Å². The lowest BCUT2D eigenvalue weighted by Crippen LogP contribution is -2.53. The first-order chi connectivity index (χ1) is 15.7. The van der Waals surface area contributed by atoms with Gasteiger partial charge in [0.25, 0.3) is 0 Å². The minimum absolute atomic E-state index is 0.279. The van der Waals surface area contributed by atoms with Crippen molar-refractivity contribution in [2.75, 3.05) is 17.2 Å². The Kier molecular flexibility index (Phi) is 5.99. The predicted octanol–water partition coefficient (Wildman–Crippen LogP) is 2.63. The molecule has 2 aromatic rings. The smallest absolute Gasteiger partial charge is 0.338 e. The van der Waals surface area contributed by atoms with Gasteiger partial charge >= 0.3 is 5.97 Å². The Morgan fingerprint density at radius 2 is 1.94 bits per heavy atom. The first-order valence-electron chi connectivity index (χ1n) is 11.1. The minimum Gasteiger partial charge on any atom is -0.462 e. The van der Waals surface area contributed by atoms with Crippen molar-refractivity contribution in [2.45, 2.75) is 51.8 Å². The SMILES string of the molecule is CCOC(=O)c1ccc(NC(=O)[C@H]2C[C@H]([C@@H](C)O)N[C@]23C(=O)Nc2c(C)cc(C)cc23)cc1. The molecule has 8 heteroatoms. The number of esters is 1. The molecule has 4 atom stereocenters. The van der Waals surface area contributed by atoms with Gasteiger partial charge in [0.15, 0.2) is 0 Å². The van der Waals surface area contributed by atoms with Crippen LogP contribution in [0.1, 0.15) is 47.3 Å². The molecule has 174 valence electrons. The highest BCUT2D eigenvalue weighted by Crippen LogP contribution is 2.49. The third kappa shape index (κ3) is 3.89. The molecule has 8 nitrogen and oxygen atoms in total. The number of nitrogens with one attached hydrogen (secondary N) is 3. The molecule has 0 aliphatic carbocycles. The summed E-state index contributed by atoms with van der Waals surface area (Å²) in [5, 5.41) is 19.4. The molecular formula is C25H29N3O5. The van der Waals surface area contributed by atoms with Crippen molar-refractivity contribution in [3.8, 4) is 0 Å². The van der Waals surface area contributed by atoms with E-state index in [2.05, 4.69) is 16.0 Å². The lowest BCUT2D eigenvalue weighted by Gasteiger charge is -2.30. The number of benzene rings is 2. The summed E-state index contributed by atoms with van der Waals surface area (Å²) in [4.78, 5) is 38.7. The fourth-order valence-corrected chi connectivity index (χ4v) is 4.91. The lowest BCUT2D eigenvalue weighted by molar-refractivity contribution is -0.130. The molecule has 0 bridgehead atoms. The van der Waals surface area contributed by atoms with Crippen LogP contribution >= 0.6 is 0 Å². The number of ether oxygens (including phenoxy) is 1. The van der Waals surface area contributed by atoms with Gasteiger partial charge in [-0.3, -0.25) is 14.9 Å². The molecule has 2 aromatic carbocycles. The summed E-state index contributed by atoms with van der Waals surface area (Å²) in [6.45, 7) is 7.53. The number of aliphatic hydroxyl groups excluding tert-OH is 1. The molecule has 0 saturated carbocycles. The van der Waals surface area contributed by atoms with Gasteiger partial charge in [-0.1, -0.05) is 17.7 Å². The van der Waals surface area contributed by atoms with Crippen LogP contribution in [0.25, 0.3) is 0 Å². The number of amides is 2. The molecular weight excluding hydrogens is 422 g/mol. The van der Waals surface area contributed by atoms with Gasteiger partial charge in [0.1, 0.15) is 5.54 Å². The summed E-state index contributed by atoms with van der Waals surface area (Å²) < 4.78 is 4.99. The van der Waals surface area contributed by atoms with Crippen molar-refractivity contribution < 1.29 is 24.2 Å². The molecule has 2 amide bonds. The van der Waals surface area contributed by atoms with Crippen molar-refractivity contribution in [3.05, 3.63) is 58.7 Å². The van der Waals surface area contributed by atoms with Crippen molar-refractivity contribution in [2.24, 2.45) is 5.92 Å². The zero-order valence-electron chi connectivity index (χ0n) is 19.2. The predicted molar refractivity (Wildman–Crippen MR) is 124 cm³/mol. The van der Waals surface area contributed by atoms with Gasteiger partial charge in [0.2, 0.25) is 11.8 Å². The second-order valence-corrected chi connectivity index (χ2v) is 8.83. The summed E-state index contributed by atoms with van der Waals surface area (Å²) in [5.41, 5.74) is 2.96. The summed E-state index contributed by atoms with van der Waals surface area (Å²) in [5.74, 6) is -1.81. The summed E-state index contributed by atoms with van der Waals surface area (Å²) in [7, 11) is 0. The van der Waals surface area contributed by atoms with Crippen LogP contribution in [0.15, 0.2) is 36.4 Å². The molecule has 0 aromatic heterocycles. The topological polar surface area (TPSA) is 117 Å². The quantitative estimate of drug-likeness (QED) is 0.520. The summed E-state index contributed by atoms with van der Waals surface area (Å²) in [6.07, 6.45) is -0.448. The van der Waals surface area contributed by atoms with Crippen LogP contribution in [0.5, 0.6) is 0 Å². The Hall–Kier alpha value is -3.23. The van der Waals surface area contributed by atoms with Gasteiger partial charge in [-0.05, 0) is 63.9 Å². The van der Waals surface area contributed by atoms with E-state index in [4.69, 9.17) is 4.74 Å². The molecule has 2 aliphatic heterocycles. The average molecular weight is 452 g/mol. The number of aliphatic hydroxyl groups is 1. The molecule has 1 fully saturated rings. The van der Waals surface area contributed by atoms with Crippen molar-refractivity contribution in [3.63, 3.8) is 0 Å². The standard InChI is InChI=1S/C25H29N3O5/c1-5-33-23(31)16-6-8-17(9-7-16)26-22(30)19-12-20(15(4)29)28-25(19)18-11-13(2)10-14(3)21(18)27-24(25)32/h6-11,15,19-20,28-29H,5,12H2,1-4H3,(H,26,30)(H,27,32)/t15-,19-,20-,25+/m1/s1. The maximum atomic E-state index is 13.5. The first kappa shape index (κ1) is 22.9. The molecule has 2 heterocycles. The molecule has 33 heavy (non-hydrogen) atoms. The molecule has 4 rings (SSSR count). The number of carbonyl (C=O) groups excluding carboxylic acids is 3. The fourth-order valence-electron chi connectivity index (χ4n) is 4.91. The van der Waals surface area contributed by atoms with Gasteiger partial charge < -0.3 is 20.5 Å². The zero-order chi connectivity index (χ0) is 23.9. The van der Waals surface area contributed by atoms with E-state index < -0.39 is 29.6 Å². The zero-order valence-corrected chi connectivity index (χ0v) is 19.2. The average Bonchev–Trinajstić information content (AvgIpc) is 3.30. The molecule has 0 unspecified atom stereocenters. The molecule has 4 N–H and O–H groups in total. The van der Waals surface area contributed by atoms with Gasteiger partial charge in [0.05, 0.1) is 24.2 Å². The maximum absolute atomic E-state index is 13.5. The molecule has 1 saturated heterocycles. The Balaban J connectivity index is 1.67. The van der Waals surface area contributed by atoms with Gasteiger partial charge in [0, 0.05) is 23.0 Å². The first-order valence-corrected chi connectivity index (χ1v) is 11.1. The van der Waals surface area contributed by atoms with Crippen LogP contribution in [-0.4, -0.2) is 41.6 Å². The van der Waals surface area contributed by atoms with E-state index in [1.165, 1.54) is 0 Å². The molecule has 2 aliphatic rings. The van der Waals surface area contributed by atoms with Crippen LogP contribution in [0.2, 0.25) is 0 Å². The normalized spacial score (nSPS) is 24.3. The second kappa shape index (κ2) is 8.61. The van der Waals surface area contributed by atoms with Crippen molar-refractivity contribution in [1.29, 1.82) is 0 Å². The summed E-state index contributed by atoms with van der Waals surface area (Å²) >= 11 is 0. The van der Waals surface area contributed by atoms with Crippen LogP contribution in [0.4, 0.5) is 11.4 Å². The monoisotopic (exact) mass is 451 g/mol. The number of carbonyl (C=O) groups is 3. The number of fused-ring (bicyclic) bond motifs is 2. The van der Waals surface area contributed by atoms with Crippen LogP contribution in [0.3, 0.4) is 0 Å². The highest BCUT2D eigenvalue weighted by molar-refractivity contribution is 6.11. The minimum atomic E-state index is -1.28. The van der Waals surface area contributed by atoms with Crippen LogP contribution in [0, 0.1) is 19.8 Å². The van der Waals surface area contributed by atoms with Gasteiger partial charge in [-0.15, -0.1) is 0 Å². The van der Waals surface area contributed by atoms with E-state index in [1.54, 1.807) is 38.1 Å². The Morgan fingerprint density at radius 1 is 1.24 bits per heavy atom. The highest BCUT2D eigenvalue weighted by atomic mass is 16.5. The van der Waals surface area contributed by atoms with Crippen molar-refractivity contribution >= 4 is 29.2 Å². The van der Waals surface area contributed by atoms with E-state index >= 15 is 0 Å². The van der Waals surface area contributed by atoms with Crippen LogP contribution in [-0.2, 0) is 19.9 Å². The molecule has 0 radical (unpaired) electrons.